The van der Waals surface area contributed by atoms with Gasteiger partial charge in [-0.1, -0.05) is 0 Å². The summed E-state index contributed by atoms with van der Waals surface area (Å²) in [6.45, 7) is 1.68. The van der Waals surface area contributed by atoms with E-state index in [1.165, 1.54) is 19.2 Å². The van der Waals surface area contributed by atoms with E-state index in [0.717, 1.165) is 18.2 Å². The molecule has 0 fully saturated rings. The van der Waals surface area contributed by atoms with Crippen molar-refractivity contribution < 1.29 is 40.0 Å². The molecule has 0 saturated heterocycles. The van der Waals surface area contributed by atoms with Crippen molar-refractivity contribution in [2.75, 3.05) is 13.7 Å². The molecule has 128 valence electrons. The van der Waals surface area contributed by atoms with E-state index in [2.05, 4.69) is 8.92 Å². The van der Waals surface area contributed by atoms with E-state index in [0.29, 0.717) is 0 Å². The molecule has 6 nitrogen and oxygen atoms in total. The van der Waals surface area contributed by atoms with Crippen molar-refractivity contribution in [3.63, 3.8) is 0 Å². The maximum atomic E-state index is 12.4. The van der Waals surface area contributed by atoms with Gasteiger partial charge in [0.25, 0.3) is 0 Å². The monoisotopic (exact) mass is 354 g/mol. The van der Waals surface area contributed by atoms with Crippen LogP contribution in [-0.2, 0) is 19.6 Å². The lowest BCUT2D eigenvalue weighted by Gasteiger charge is -2.12. The molecule has 0 bridgehead atoms. The number of ether oxygens (including phenoxy) is 2. The maximum Gasteiger partial charge on any atom is 0.534 e. The fourth-order valence-corrected chi connectivity index (χ4v) is 1.86. The number of halogens is 3. The minimum atomic E-state index is -5.83. The zero-order chi connectivity index (χ0) is 17.7. The number of rotatable bonds is 6. The topological polar surface area (TPSA) is 78.9 Å². The number of esters is 1. The van der Waals surface area contributed by atoms with E-state index < -0.39 is 27.3 Å². The SMILES string of the molecule is CCOC(=O)/C=C/c1cc(OC)ccc1OS(=O)(=O)C(F)(F)F. The predicted molar refractivity (Wildman–Crippen MR) is 74.3 cm³/mol. The molecular formula is C13H13F3O6S. The molecule has 0 aliphatic rings. The number of hydrogen-bond acceptors (Lipinski definition) is 6. The van der Waals surface area contributed by atoms with Gasteiger partial charge in [0.2, 0.25) is 0 Å². The van der Waals surface area contributed by atoms with Crippen LogP contribution in [0, 0.1) is 0 Å². The number of carbonyl (C=O) groups is 1. The fraction of sp³-hybridized carbons (Fsp3) is 0.308. The number of carbonyl (C=O) groups excluding carboxylic acids is 1. The molecule has 0 aliphatic carbocycles. The van der Waals surface area contributed by atoms with Crippen LogP contribution in [0.2, 0.25) is 0 Å². The molecule has 1 aromatic rings. The second kappa shape index (κ2) is 7.36. The van der Waals surface area contributed by atoms with Crippen LogP contribution in [0.15, 0.2) is 24.3 Å². The summed E-state index contributed by atoms with van der Waals surface area (Å²) in [4.78, 5) is 11.2. The summed E-state index contributed by atoms with van der Waals surface area (Å²) in [5.74, 6) is -1.13. The molecule has 0 amide bonds. The van der Waals surface area contributed by atoms with Crippen LogP contribution in [0.5, 0.6) is 11.5 Å². The van der Waals surface area contributed by atoms with Crippen LogP contribution in [0.3, 0.4) is 0 Å². The third-order valence-corrected chi connectivity index (χ3v) is 3.35. The van der Waals surface area contributed by atoms with Gasteiger partial charge in [-0.2, -0.15) is 21.6 Å². The average molecular weight is 354 g/mol. The van der Waals surface area contributed by atoms with Gasteiger partial charge in [0.05, 0.1) is 13.7 Å². The zero-order valence-electron chi connectivity index (χ0n) is 12.1. The summed E-state index contributed by atoms with van der Waals surface area (Å²) in [7, 11) is -4.53. The molecule has 0 N–H and O–H groups in total. The Hall–Kier alpha value is -2.23. The van der Waals surface area contributed by atoms with Crippen molar-refractivity contribution >= 4 is 22.2 Å². The lowest BCUT2D eigenvalue weighted by atomic mass is 10.2. The fourth-order valence-electron chi connectivity index (χ4n) is 1.37. The number of hydrogen-bond donors (Lipinski definition) is 0. The second-order valence-corrected chi connectivity index (χ2v) is 5.51. The van der Waals surface area contributed by atoms with Gasteiger partial charge in [-0.05, 0) is 31.2 Å². The van der Waals surface area contributed by atoms with Crippen LogP contribution >= 0.6 is 0 Å². The molecule has 10 heteroatoms. The van der Waals surface area contributed by atoms with Gasteiger partial charge in [-0.25, -0.2) is 4.79 Å². The van der Waals surface area contributed by atoms with E-state index >= 15 is 0 Å². The van der Waals surface area contributed by atoms with Crippen molar-refractivity contribution in [1.82, 2.24) is 0 Å². The van der Waals surface area contributed by atoms with Gasteiger partial charge in [0, 0.05) is 11.6 Å². The van der Waals surface area contributed by atoms with Gasteiger partial charge in [0.1, 0.15) is 11.5 Å². The maximum absolute atomic E-state index is 12.4. The number of benzene rings is 1. The zero-order valence-corrected chi connectivity index (χ0v) is 12.9. The first-order chi connectivity index (χ1) is 10.6. The molecule has 1 rings (SSSR count). The summed E-state index contributed by atoms with van der Waals surface area (Å²) in [5.41, 5.74) is -5.68. The second-order valence-electron chi connectivity index (χ2n) is 3.97. The van der Waals surface area contributed by atoms with Crippen molar-refractivity contribution in [3.05, 3.63) is 29.8 Å². The Kier molecular flexibility index (Phi) is 6.02. The Morgan fingerprint density at radius 3 is 2.48 bits per heavy atom. The first kappa shape index (κ1) is 18.8. The van der Waals surface area contributed by atoms with E-state index in [-0.39, 0.29) is 17.9 Å². The van der Waals surface area contributed by atoms with Crippen LogP contribution < -0.4 is 8.92 Å². The minimum absolute atomic E-state index is 0.104. The molecule has 0 aliphatic heterocycles. The Bertz CT molecular complexity index is 694. The molecule has 0 spiro atoms. The molecule has 0 saturated carbocycles. The largest absolute Gasteiger partial charge is 0.534 e. The van der Waals surface area contributed by atoms with Gasteiger partial charge in [-0.3, -0.25) is 0 Å². The van der Waals surface area contributed by atoms with Gasteiger partial charge in [0.15, 0.2) is 0 Å². The first-order valence-corrected chi connectivity index (χ1v) is 7.55. The van der Waals surface area contributed by atoms with E-state index in [1.54, 1.807) is 6.92 Å². The lowest BCUT2D eigenvalue weighted by molar-refractivity contribution is -0.137. The highest BCUT2D eigenvalue weighted by Crippen LogP contribution is 2.31. The summed E-state index contributed by atoms with van der Waals surface area (Å²) >= 11 is 0. The predicted octanol–water partition coefficient (Wildman–Crippen LogP) is 2.50. The van der Waals surface area contributed by atoms with Gasteiger partial charge in [-0.15, -0.1) is 0 Å². The lowest BCUT2D eigenvalue weighted by Crippen LogP contribution is -2.28. The van der Waals surface area contributed by atoms with Crippen LogP contribution in [0.25, 0.3) is 6.08 Å². The third kappa shape index (κ3) is 5.16. The van der Waals surface area contributed by atoms with Crippen LogP contribution in [0.1, 0.15) is 12.5 Å². The molecule has 0 unspecified atom stereocenters. The molecule has 1 aromatic carbocycles. The molecule has 0 heterocycles. The average Bonchev–Trinajstić information content (AvgIpc) is 2.45. The molecular weight excluding hydrogens is 341 g/mol. The van der Waals surface area contributed by atoms with Crippen LogP contribution in [0.4, 0.5) is 13.2 Å². The first-order valence-electron chi connectivity index (χ1n) is 6.14. The third-order valence-electron chi connectivity index (χ3n) is 2.39. The van der Waals surface area contributed by atoms with Crippen molar-refractivity contribution in [1.29, 1.82) is 0 Å². The van der Waals surface area contributed by atoms with E-state index in [4.69, 9.17) is 4.74 Å². The molecule has 0 aromatic heterocycles. The Morgan fingerprint density at radius 2 is 1.96 bits per heavy atom. The summed E-state index contributed by atoms with van der Waals surface area (Å²) in [6.07, 6.45) is 1.98. The van der Waals surface area contributed by atoms with E-state index in [9.17, 15) is 26.4 Å². The van der Waals surface area contributed by atoms with Crippen LogP contribution in [-0.4, -0.2) is 33.6 Å². The van der Waals surface area contributed by atoms with Crippen molar-refractivity contribution in [2.45, 2.75) is 12.4 Å². The standard InChI is InChI=1S/C13H13F3O6S/c1-3-21-12(17)7-4-9-8-10(20-2)5-6-11(9)22-23(18,19)13(14,15)16/h4-8H,3H2,1-2H3/b7-4+. The Labute approximate surface area is 130 Å². The number of methoxy groups -OCH3 is 1. The van der Waals surface area contributed by atoms with Crippen molar-refractivity contribution in [3.8, 4) is 11.5 Å². The Morgan fingerprint density at radius 1 is 1.30 bits per heavy atom. The van der Waals surface area contributed by atoms with Gasteiger partial charge < -0.3 is 13.7 Å². The summed E-state index contributed by atoms with van der Waals surface area (Å²) in [6, 6.07) is 3.40. The number of alkyl halides is 3. The normalized spacial score (nSPS) is 12.2. The minimum Gasteiger partial charge on any atom is -0.497 e. The summed E-state index contributed by atoms with van der Waals surface area (Å²) in [5, 5.41) is 0. The van der Waals surface area contributed by atoms with Gasteiger partial charge >= 0.3 is 21.6 Å². The quantitative estimate of drug-likeness (QED) is 0.338. The molecule has 23 heavy (non-hydrogen) atoms. The highest BCUT2D eigenvalue weighted by molar-refractivity contribution is 7.88. The smallest absolute Gasteiger partial charge is 0.497 e. The highest BCUT2D eigenvalue weighted by Gasteiger charge is 2.48. The molecule has 0 atom stereocenters. The highest BCUT2D eigenvalue weighted by atomic mass is 32.2. The van der Waals surface area contributed by atoms with E-state index in [1.807, 2.05) is 0 Å². The van der Waals surface area contributed by atoms with Crippen molar-refractivity contribution in [2.24, 2.45) is 0 Å². The Balaban J connectivity index is 3.20. The molecule has 0 radical (unpaired) electrons. The summed E-state index contributed by atoms with van der Waals surface area (Å²) < 4.78 is 72.9.